The monoisotopic (exact) mass is 288 g/mol. The van der Waals surface area contributed by atoms with Gasteiger partial charge in [0.25, 0.3) is 0 Å². The minimum atomic E-state index is 0.671. The van der Waals surface area contributed by atoms with Crippen molar-refractivity contribution in [1.29, 1.82) is 0 Å². The topological polar surface area (TPSA) is 65.1 Å². The Kier molecular flexibility index (Phi) is 5.09. The summed E-state index contributed by atoms with van der Waals surface area (Å²) in [5.74, 6) is 0.740. The van der Waals surface area contributed by atoms with Crippen LogP contribution < -0.4 is 15.8 Å². The summed E-state index contributed by atoms with van der Waals surface area (Å²) in [6, 6.07) is 5.79. The molecule has 2 aromatic rings. The van der Waals surface area contributed by atoms with Gasteiger partial charge in [-0.3, -0.25) is 4.68 Å². The fraction of sp³-hybridized carbons (Fsp3) is 0.438. The van der Waals surface area contributed by atoms with E-state index in [1.165, 1.54) is 5.56 Å². The van der Waals surface area contributed by atoms with E-state index in [1.54, 1.807) is 0 Å². The molecule has 0 spiro atoms. The van der Waals surface area contributed by atoms with Crippen LogP contribution in [-0.2, 0) is 20.0 Å². The number of aromatic nitrogens is 2. The number of nitrogens with one attached hydrogen (secondary N) is 1. The van der Waals surface area contributed by atoms with Crippen molar-refractivity contribution in [3.05, 3.63) is 35.7 Å². The second kappa shape index (κ2) is 7.02. The summed E-state index contributed by atoms with van der Waals surface area (Å²) in [4.78, 5) is 0. The first-order valence-electron chi connectivity index (χ1n) is 7.41. The third-order valence-corrected chi connectivity index (χ3v) is 3.28. The third-order valence-electron chi connectivity index (χ3n) is 3.28. The van der Waals surface area contributed by atoms with Crippen LogP contribution in [0.25, 0.3) is 0 Å². The second-order valence-electron chi connectivity index (χ2n) is 5.08. The van der Waals surface area contributed by atoms with Crippen molar-refractivity contribution in [1.82, 2.24) is 9.78 Å². The van der Waals surface area contributed by atoms with Crippen molar-refractivity contribution in [2.24, 2.45) is 7.05 Å². The molecule has 0 aliphatic heterocycles. The van der Waals surface area contributed by atoms with Gasteiger partial charge in [0.15, 0.2) is 0 Å². The summed E-state index contributed by atoms with van der Waals surface area (Å²) in [6.07, 6.45) is 3.95. The first-order chi connectivity index (χ1) is 10.1. The Morgan fingerprint density at radius 1 is 1.33 bits per heavy atom. The van der Waals surface area contributed by atoms with Crippen molar-refractivity contribution in [3.63, 3.8) is 0 Å². The average Bonchev–Trinajstić information content (AvgIpc) is 2.85. The maximum absolute atomic E-state index is 5.92. The fourth-order valence-corrected chi connectivity index (χ4v) is 2.21. The summed E-state index contributed by atoms with van der Waals surface area (Å²) < 4.78 is 7.50. The molecule has 0 amide bonds. The van der Waals surface area contributed by atoms with E-state index < -0.39 is 0 Å². The molecule has 1 heterocycles. The molecule has 1 aromatic heterocycles. The summed E-state index contributed by atoms with van der Waals surface area (Å²) >= 11 is 0. The lowest BCUT2D eigenvalue weighted by Crippen LogP contribution is -2.03. The highest BCUT2D eigenvalue weighted by Gasteiger charge is 2.07. The molecule has 0 bridgehead atoms. The summed E-state index contributed by atoms with van der Waals surface area (Å²) in [7, 11) is 1.95. The third kappa shape index (κ3) is 3.90. The Bertz CT molecular complexity index is 592. The molecular formula is C16H24N4O. The van der Waals surface area contributed by atoms with Crippen molar-refractivity contribution in [3.8, 4) is 5.75 Å². The Balaban J connectivity index is 2.05. The molecule has 0 fully saturated rings. The van der Waals surface area contributed by atoms with Gasteiger partial charge in [-0.05, 0) is 25.0 Å². The van der Waals surface area contributed by atoms with Crippen molar-refractivity contribution in [2.45, 2.75) is 33.2 Å². The molecule has 1 aromatic carbocycles. The van der Waals surface area contributed by atoms with E-state index in [9.17, 15) is 0 Å². The lowest BCUT2D eigenvalue weighted by molar-refractivity contribution is 0.319. The summed E-state index contributed by atoms with van der Waals surface area (Å²) in [6.45, 7) is 5.61. The highest BCUT2D eigenvalue weighted by molar-refractivity contribution is 5.61. The minimum Gasteiger partial charge on any atom is -0.491 e. The van der Waals surface area contributed by atoms with Crippen LogP contribution in [0.2, 0.25) is 0 Å². The Labute approximate surface area is 126 Å². The maximum Gasteiger partial charge on any atom is 0.144 e. The molecular weight excluding hydrogens is 264 g/mol. The maximum atomic E-state index is 5.92. The van der Waals surface area contributed by atoms with Gasteiger partial charge in [-0.1, -0.05) is 13.8 Å². The van der Waals surface area contributed by atoms with Gasteiger partial charge in [0.1, 0.15) is 5.75 Å². The molecule has 0 saturated carbocycles. The molecule has 3 N–H and O–H groups in total. The molecule has 0 saturated heterocycles. The highest BCUT2D eigenvalue weighted by Crippen LogP contribution is 2.26. The SMILES string of the molecule is CCCOc1cc(NCc2cn(C)nc2CC)ccc1N. The standard InChI is InChI=1S/C16H24N4O/c1-4-8-21-16-9-13(6-7-14(16)17)18-10-12-11-20(3)19-15(12)5-2/h6-7,9,11,18H,4-5,8,10,17H2,1-3H3. The van der Waals surface area contributed by atoms with Gasteiger partial charge in [0, 0.05) is 37.1 Å². The van der Waals surface area contributed by atoms with Gasteiger partial charge in [0.05, 0.1) is 18.0 Å². The van der Waals surface area contributed by atoms with Crippen LogP contribution in [0.1, 0.15) is 31.5 Å². The number of nitrogens with zero attached hydrogens (tertiary/aromatic N) is 2. The smallest absolute Gasteiger partial charge is 0.144 e. The summed E-state index contributed by atoms with van der Waals surface area (Å²) in [5.41, 5.74) is 9.94. The first kappa shape index (κ1) is 15.2. The number of rotatable bonds is 7. The zero-order valence-corrected chi connectivity index (χ0v) is 13.0. The quantitative estimate of drug-likeness (QED) is 0.769. The fourth-order valence-electron chi connectivity index (χ4n) is 2.21. The number of hydrogen-bond donors (Lipinski definition) is 2. The first-order valence-corrected chi connectivity index (χ1v) is 7.41. The van der Waals surface area contributed by atoms with Crippen molar-refractivity contribution < 1.29 is 4.74 Å². The van der Waals surface area contributed by atoms with Crippen LogP contribution in [0.3, 0.4) is 0 Å². The van der Waals surface area contributed by atoms with E-state index in [-0.39, 0.29) is 0 Å². The van der Waals surface area contributed by atoms with Crippen LogP contribution in [0.5, 0.6) is 5.75 Å². The van der Waals surface area contributed by atoms with Gasteiger partial charge in [0.2, 0.25) is 0 Å². The average molecular weight is 288 g/mol. The van der Waals surface area contributed by atoms with Crippen LogP contribution in [-0.4, -0.2) is 16.4 Å². The van der Waals surface area contributed by atoms with E-state index in [2.05, 4.69) is 30.5 Å². The zero-order valence-electron chi connectivity index (χ0n) is 13.0. The largest absolute Gasteiger partial charge is 0.491 e. The van der Waals surface area contributed by atoms with Crippen LogP contribution in [0.4, 0.5) is 11.4 Å². The Morgan fingerprint density at radius 2 is 2.14 bits per heavy atom. The van der Waals surface area contributed by atoms with E-state index in [0.717, 1.165) is 36.5 Å². The number of hydrogen-bond acceptors (Lipinski definition) is 4. The van der Waals surface area contributed by atoms with Crippen molar-refractivity contribution in [2.75, 3.05) is 17.7 Å². The minimum absolute atomic E-state index is 0.671. The molecule has 5 heteroatoms. The van der Waals surface area contributed by atoms with Gasteiger partial charge in [-0.25, -0.2) is 0 Å². The molecule has 114 valence electrons. The molecule has 21 heavy (non-hydrogen) atoms. The van der Waals surface area contributed by atoms with E-state index in [1.807, 2.05) is 29.9 Å². The van der Waals surface area contributed by atoms with Gasteiger partial charge in [-0.15, -0.1) is 0 Å². The predicted molar refractivity (Wildman–Crippen MR) is 86.6 cm³/mol. The number of nitrogen functional groups attached to an aromatic ring is 1. The molecule has 0 aliphatic carbocycles. The zero-order chi connectivity index (χ0) is 15.2. The van der Waals surface area contributed by atoms with Gasteiger partial charge < -0.3 is 15.8 Å². The number of aryl methyl sites for hydroxylation is 2. The van der Waals surface area contributed by atoms with Crippen LogP contribution >= 0.6 is 0 Å². The molecule has 0 unspecified atom stereocenters. The molecule has 0 radical (unpaired) electrons. The highest BCUT2D eigenvalue weighted by atomic mass is 16.5. The number of anilines is 2. The molecule has 0 atom stereocenters. The van der Waals surface area contributed by atoms with E-state index >= 15 is 0 Å². The number of ether oxygens (including phenoxy) is 1. The summed E-state index contributed by atoms with van der Waals surface area (Å²) in [5, 5.41) is 7.85. The number of benzene rings is 1. The van der Waals surface area contributed by atoms with E-state index in [4.69, 9.17) is 10.5 Å². The van der Waals surface area contributed by atoms with E-state index in [0.29, 0.717) is 12.3 Å². The van der Waals surface area contributed by atoms with Gasteiger partial charge in [-0.2, -0.15) is 5.10 Å². The molecule has 5 nitrogen and oxygen atoms in total. The lowest BCUT2D eigenvalue weighted by Gasteiger charge is -2.11. The molecule has 0 aliphatic rings. The Hall–Kier alpha value is -2.17. The Morgan fingerprint density at radius 3 is 2.86 bits per heavy atom. The molecule has 2 rings (SSSR count). The van der Waals surface area contributed by atoms with Crippen LogP contribution in [0, 0.1) is 0 Å². The number of nitrogens with two attached hydrogens (primary N) is 1. The lowest BCUT2D eigenvalue weighted by atomic mass is 10.2. The van der Waals surface area contributed by atoms with Crippen molar-refractivity contribution >= 4 is 11.4 Å². The van der Waals surface area contributed by atoms with Crippen LogP contribution in [0.15, 0.2) is 24.4 Å². The normalized spacial score (nSPS) is 10.6. The second-order valence-corrected chi connectivity index (χ2v) is 5.08. The van der Waals surface area contributed by atoms with Gasteiger partial charge >= 0.3 is 0 Å². The predicted octanol–water partition coefficient (Wildman–Crippen LogP) is 2.97.